The lowest BCUT2D eigenvalue weighted by atomic mass is 10.3. The molecule has 3 aromatic heterocycles. The number of hydrogen-bond acceptors (Lipinski definition) is 5. The number of aromatic nitrogens is 5. The van der Waals surface area contributed by atoms with Crippen LogP contribution in [-0.2, 0) is 0 Å². The van der Waals surface area contributed by atoms with Crippen LogP contribution in [0.1, 0.15) is 16.1 Å². The number of carbonyl (C=O) groups excluding carboxylic acids is 1. The third kappa shape index (κ3) is 2.76. The van der Waals surface area contributed by atoms with Gasteiger partial charge in [-0.3, -0.25) is 4.79 Å². The topological polar surface area (TPSA) is 103 Å². The number of nitrogens with one attached hydrogen (secondary N) is 1. The van der Waals surface area contributed by atoms with Gasteiger partial charge in [0.15, 0.2) is 5.65 Å². The highest BCUT2D eigenvalue weighted by Crippen LogP contribution is 2.24. The van der Waals surface area contributed by atoms with E-state index in [-0.39, 0.29) is 5.91 Å². The molecule has 0 radical (unpaired) electrons. The molecule has 4 aromatic rings. The summed E-state index contributed by atoms with van der Waals surface area (Å²) >= 11 is 6.26. The van der Waals surface area contributed by atoms with Crippen LogP contribution in [0.15, 0.2) is 48.8 Å². The first-order valence-electron chi connectivity index (χ1n) is 7.76. The van der Waals surface area contributed by atoms with Crippen LogP contribution in [0.5, 0.6) is 0 Å². The van der Waals surface area contributed by atoms with Gasteiger partial charge in [-0.05, 0) is 25.1 Å². The van der Waals surface area contributed by atoms with Crippen molar-refractivity contribution >= 4 is 34.8 Å². The third-order valence-electron chi connectivity index (χ3n) is 3.79. The van der Waals surface area contributed by atoms with E-state index in [1.807, 2.05) is 25.1 Å². The highest BCUT2D eigenvalue weighted by atomic mass is 35.5. The van der Waals surface area contributed by atoms with Crippen LogP contribution in [0, 0.1) is 6.92 Å². The first-order chi connectivity index (χ1) is 12.5. The van der Waals surface area contributed by atoms with E-state index in [1.165, 1.54) is 10.7 Å². The van der Waals surface area contributed by atoms with Crippen LogP contribution in [-0.4, -0.2) is 30.3 Å². The Hall–Kier alpha value is -3.39. The Kier molecular flexibility index (Phi) is 3.81. The summed E-state index contributed by atoms with van der Waals surface area (Å²) < 4.78 is 3.07. The summed E-state index contributed by atoms with van der Waals surface area (Å²) in [6, 6.07) is 10.6. The molecular weight excluding hydrogens is 354 g/mol. The first kappa shape index (κ1) is 16.1. The number of benzene rings is 1. The Balaban J connectivity index is 1.72. The van der Waals surface area contributed by atoms with Gasteiger partial charge in [-0.25, -0.2) is 14.2 Å². The molecule has 0 fully saturated rings. The molecule has 0 aliphatic rings. The van der Waals surface area contributed by atoms with E-state index in [4.69, 9.17) is 17.3 Å². The zero-order valence-electron chi connectivity index (χ0n) is 13.7. The predicted molar refractivity (Wildman–Crippen MR) is 98.7 cm³/mol. The Bertz CT molecular complexity index is 1130. The summed E-state index contributed by atoms with van der Waals surface area (Å²) in [7, 11) is 0. The average Bonchev–Trinajstić information content (AvgIpc) is 3.18. The Morgan fingerprint density at radius 1 is 1.27 bits per heavy atom. The second-order valence-electron chi connectivity index (χ2n) is 5.67. The molecule has 0 unspecified atom stereocenters. The predicted octanol–water partition coefficient (Wildman–Crippen LogP) is 2.71. The smallest absolute Gasteiger partial charge is 0.262 e. The highest BCUT2D eigenvalue weighted by molar-refractivity contribution is 6.32. The maximum absolute atomic E-state index is 12.8. The van der Waals surface area contributed by atoms with Crippen molar-refractivity contribution in [3.63, 3.8) is 0 Å². The van der Waals surface area contributed by atoms with Crippen LogP contribution in [0.3, 0.4) is 0 Å². The lowest BCUT2D eigenvalue weighted by molar-refractivity contribution is 0.102. The number of para-hydroxylation sites is 1. The fourth-order valence-corrected chi connectivity index (χ4v) is 2.84. The number of anilines is 2. The number of fused-ring (bicyclic) bond motifs is 1. The minimum Gasteiger partial charge on any atom is -0.384 e. The van der Waals surface area contributed by atoms with Gasteiger partial charge in [-0.15, -0.1) is 0 Å². The summed E-state index contributed by atoms with van der Waals surface area (Å²) in [5, 5.41) is 11.9. The molecule has 8 nitrogen and oxygen atoms in total. The van der Waals surface area contributed by atoms with Crippen LogP contribution >= 0.6 is 11.6 Å². The van der Waals surface area contributed by atoms with Crippen LogP contribution in [0.25, 0.3) is 11.3 Å². The van der Waals surface area contributed by atoms with Gasteiger partial charge in [0.1, 0.15) is 17.2 Å². The first-order valence-corrected chi connectivity index (χ1v) is 8.13. The van der Waals surface area contributed by atoms with Crippen LogP contribution in [0.4, 0.5) is 11.6 Å². The maximum Gasteiger partial charge on any atom is 0.262 e. The van der Waals surface area contributed by atoms with E-state index in [0.717, 1.165) is 5.69 Å². The molecule has 0 saturated carbocycles. The average molecular weight is 368 g/mol. The number of carbonyl (C=O) groups is 1. The van der Waals surface area contributed by atoms with Crippen molar-refractivity contribution in [2.75, 3.05) is 11.1 Å². The standard InChI is InChI=1S/C17H14ClN7O/c1-10-8-15(25(23-10)13-5-3-2-4-12(13)18)22-17(26)11-9-20-24-7-6-14(19)21-16(11)24/h2-9H,1H3,(H2,19,21)(H,22,26). The van der Waals surface area contributed by atoms with Gasteiger partial charge in [-0.2, -0.15) is 10.2 Å². The molecule has 0 spiro atoms. The molecule has 3 N–H and O–H groups in total. The molecule has 0 aliphatic carbocycles. The van der Waals surface area contributed by atoms with Gasteiger partial charge in [0, 0.05) is 12.3 Å². The minimum absolute atomic E-state index is 0.307. The fourth-order valence-electron chi connectivity index (χ4n) is 2.62. The third-order valence-corrected chi connectivity index (χ3v) is 4.11. The molecule has 1 amide bonds. The number of rotatable bonds is 3. The lowest BCUT2D eigenvalue weighted by Gasteiger charge is -2.09. The summed E-state index contributed by atoms with van der Waals surface area (Å²) in [5.41, 5.74) is 7.80. The number of nitrogens with two attached hydrogens (primary N) is 1. The summed E-state index contributed by atoms with van der Waals surface area (Å²) in [5.74, 6) is 0.430. The molecule has 0 saturated heterocycles. The van der Waals surface area contributed by atoms with Crippen molar-refractivity contribution < 1.29 is 4.79 Å². The van der Waals surface area contributed by atoms with E-state index >= 15 is 0 Å². The monoisotopic (exact) mass is 367 g/mol. The molecule has 0 bridgehead atoms. The Labute approximate surface area is 153 Å². The zero-order chi connectivity index (χ0) is 18.3. The quantitative estimate of drug-likeness (QED) is 0.579. The zero-order valence-corrected chi connectivity index (χ0v) is 14.5. The number of amides is 1. The minimum atomic E-state index is -0.369. The lowest BCUT2D eigenvalue weighted by Crippen LogP contribution is -2.15. The maximum atomic E-state index is 12.8. The Morgan fingerprint density at radius 3 is 2.88 bits per heavy atom. The van der Waals surface area contributed by atoms with Gasteiger partial charge in [0.2, 0.25) is 0 Å². The number of aryl methyl sites for hydroxylation is 1. The molecule has 1 aromatic carbocycles. The van der Waals surface area contributed by atoms with Gasteiger partial charge in [0.05, 0.1) is 22.6 Å². The molecular formula is C17H14ClN7O. The van der Waals surface area contributed by atoms with E-state index < -0.39 is 0 Å². The van der Waals surface area contributed by atoms with Gasteiger partial charge in [-0.1, -0.05) is 23.7 Å². The summed E-state index contributed by atoms with van der Waals surface area (Å²) in [6.45, 7) is 1.83. The second kappa shape index (κ2) is 6.16. The normalized spacial score (nSPS) is 11.0. The van der Waals surface area contributed by atoms with Crippen LogP contribution < -0.4 is 11.1 Å². The molecule has 0 atom stereocenters. The number of nitrogens with zero attached hydrogens (tertiary/aromatic N) is 5. The summed E-state index contributed by atoms with van der Waals surface area (Å²) in [4.78, 5) is 16.9. The largest absolute Gasteiger partial charge is 0.384 e. The second-order valence-corrected chi connectivity index (χ2v) is 6.07. The van der Waals surface area contributed by atoms with E-state index in [0.29, 0.717) is 33.6 Å². The molecule has 3 heterocycles. The fraction of sp³-hybridized carbons (Fsp3) is 0.0588. The molecule has 130 valence electrons. The Morgan fingerprint density at radius 2 is 2.08 bits per heavy atom. The molecule has 4 rings (SSSR count). The van der Waals surface area contributed by atoms with Crippen molar-refractivity contribution in [3.05, 3.63) is 65.1 Å². The highest BCUT2D eigenvalue weighted by Gasteiger charge is 2.18. The van der Waals surface area contributed by atoms with E-state index in [1.54, 1.807) is 29.1 Å². The van der Waals surface area contributed by atoms with Crippen molar-refractivity contribution in [3.8, 4) is 5.69 Å². The van der Waals surface area contributed by atoms with Gasteiger partial charge >= 0.3 is 0 Å². The number of nitrogen functional groups attached to an aromatic ring is 1. The van der Waals surface area contributed by atoms with E-state index in [2.05, 4.69) is 20.5 Å². The van der Waals surface area contributed by atoms with Crippen molar-refractivity contribution in [2.45, 2.75) is 6.92 Å². The number of halogens is 1. The number of hydrogen-bond donors (Lipinski definition) is 2. The van der Waals surface area contributed by atoms with Crippen LogP contribution in [0.2, 0.25) is 5.02 Å². The van der Waals surface area contributed by atoms with Crippen molar-refractivity contribution in [1.82, 2.24) is 24.4 Å². The van der Waals surface area contributed by atoms with Crippen molar-refractivity contribution in [1.29, 1.82) is 0 Å². The van der Waals surface area contributed by atoms with E-state index in [9.17, 15) is 4.79 Å². The van der Waals surface area contributed by atoms with Gasteiger partial charge in [0.25, 0.3) is 5.91 Å². The molecule has 26 heavy (non-hydrogen) atoms. The SMILES string of the molecule is Cc1cc(NC(=O)c2cnn3ccc(N)nc23)n(-c2ccccc2Cl)n1. The summed E-state index contributed by atoms with van der Waals surface area (Å²) in [6.07, 6.45) is 3.09. The molecule has 9 heteroatoms. The molecule has 0 aliphatic heterocycles. The van der Waals surface area contributed by atoms with Gasteiger partial charge < -0.3 is 11.1 Å². The van der Waals surface area contributed by atoms with Crippen molar-refractivity contribution in [2.24, 2.45) is 0 Å².